The number of hydrogen-bond acceptors (Lipinski definition) is 0. The zero-order chi connectivity index (χ0) is 21.8. The van der Waals surface area contributed by atoms with E-state index in [-0.39, 0.29) is 29.9 Å². The van der Waals surface area contributed by atoms with Gasteiger partial charge < -0.3 is 0 Å². The van der Waals surface area contributed by atoms with Crippen LogP contribution in [0.1, 0.15) is 16.7 Å². The zero-order valence-corrected chi connectivity index (χ0v) is 18.6. The first-order valence-electron chi connectivity index (χ1n) is 8.57. The van der Waals surface area contributed by atoms with E-state index < -0.39 is 23.5 Å². The molecule has 3 rings (SSSR count). The Morgan fingerprint density at radius 3 is 1.53 bits per heavy atom. The average Bonchev–Trinajstić information content (AvgIpc) is 2.71. The summed E-state index contributed by atoms with van der Waals surface area (Å²) < 4.78 is 79.1. The van der Waals surface area contributed by atoms with Crippen molar-refractivity contribution in [1.29, 1.82) is 0 Å². The Balaban J connectivity index is 1.83. The van der Waals surface area contributed by atoms with Gasteiger partial charge in [0.05, 0.1) is 0 Å². The van der Waals surface area contributed by atoms with Crippen molar-refractivity contribution in [2.45, 2.75) is 12.4 Å². The second-order valence-corrected chi connectivity index (χ2v) is 10.4. The quantitative estimate of drug-likeness (QED) is 0.307. The first-order valence-corrected chi connectivity index (χ1v) is 12.1. The van der Waals surface area contributed by atoms with Gasteiger partial charge in [0.25, 0.3) is 0 Å². The molecule has 0 fully saturated rings. The van der Waals surface area contributed by atoms with E-state index in [1.54, 1.807) is 0 Å². The molecule has 0 unspecified atom stereocenters. The molecule has 3 aromatic rings. The Morgan fingerprint density at radius 2 is 1.07 bits per heavy atom. The van der Waals surface area contributed by atoms with Crippen LogP contribution in [0.5, 0.6) is 0 Å². The molecule has 0 saturated carbocycles. The van der Waals surface area contributed by atoms with E-state index in [0.717, 1.165) is 43.2 Å². The van der Waals surface area contributed by atoms with Gasteiger partial charge in [-0.1, -0.05) is 0 Å². The fourth-order valence-electron chi connectivity index (χ4n) is 2.44. The molecule has 8 heteroatoms. The summed E-state index contributed by atoms with van der Waals surface area (Å²) in [4.78, 5) is 1.99. The molecule has 0 nitrogen and oxygen atoms in total. The first kappa shape index (κ1) is 22.7. The van der Waals surface area contributed by atoms with Crippen LogP contribution in [0.25, 0.3) is 4.47 Å². The van der Waals surface area contributed by atoms with E-state index >= 15 is 0 Å². The summed E-state index contributed by atoms with van der Waals surface area (Å²) in [6, 6.07) is 19.6. The Morgan fingerprint density at radius 1 is 0.600 bits per heavy atom. The number of rotatable bonds is 5. The molecule has 0 atom stereocenters. The van der Waals surface area contributed by atoms with Crippen molar-refractivity contribution in [2.75, 3.05) is 0 Å². The molecule has 0 spiro atoms. The fourth-order valence-corrected chi connectivity index (χ4v) is 6.63. The molecule has 0 heterocycles. The van der Waals surface area contributed by atoms with Crippen LogP contribution in [0, 0.1) is 0 Å². The third kappa shape index (κ3) is 6.26. The van der Waals surface area contributed by atoms with Gasteiger partial charge in [-0.05, 0) is 0 Å². The molecule has 0 saturated heterocycles. The van der Waals surface area contributed by atoms with Crippen LogP contribution in [0.4, 0.5) is 26.3 Å². The SMILES string of the molecule is FC(F)(F)c1ccc([Se]/C=C(/[Se]c2ccc(C(F)(F)F)cc2)c2ccccc2)cc1. The van der Waals surface area contributed by atoms with Crippen molar-refractivity contribution >= 4 is 43.3 Å². The van der Waals surface area contributed by atoms with Gasteiger partial charge in [-0.3, -0.25) is 0 Å². The third-order valence-electron chi connectivity index (χ3n) is 3.95. The minimum absolute atomic E-state index is 0.219. The second-order valence-electron chi connectivity index (χ2n) is 6.11. The molecule has 0 amide bonds. The summed E-state index contributed by atoms with van der Waals surface area (Å²) in [7, 11) is 0. The van der Waals surface area contributed by atoms with Crippen molar-refractivity contribution in [1.82, 2.24) is 0 Å². The summed E-state index contributed by atoms with van der Waals surface area (Å²) in [5.41, 5.74) is -0.435. The van der Waals surface area contributed by atoms with E-state index in [2.05, 4.69) is 0 Å². The van der Waals surface area contributed by atoms with Gasteiger partial charge in [0, 0.05) is 0 Å². The molecule has 0 N–H and O–H groups in total. The topological polar surface area (TPSA) is 0 Å². The molecule has 30 heavy (non-hydrogen) atoms. The summed E-state index contributed by atoms with van der Waals surface area (Å²) in [5, 5.41) is 0. The van der Waals surface area contributed by atoms with Gasteiger partial charge in [0.2, 0.25) is 0 Å². The molecule has 156 valence electrons. The maximum atomic E-state index is 12.8. The van der Waals surface area contributed by atoms with E-state index in [9.17, 15) is 26.3 Å². The van der Waals surface area contributed by atoms with E-state index in [4.69, 9.17) is 0 Å². The van der Waals surface area contributed by atoms with Crippen LogP contribution in [0.3, 0.4) is 0 Å². The predicted molar refractivity (Wildman–Crippen MR) is 108 cm³/mol. The number of hydrogen-bond donors (Lipinski definition) is 0. The summed E-state index contributed by atoms with van der Waals surface area (Å²) in [6.07, 6.45) is -8.75. The van der Waals surface area contributed by atoms with Gasteiger partial charge in [0.1, 0.15) is 0 Å². The molecular formula is C22H14F6Se2. The Labute approximate surface area is 182 Å². The standard InChI is InChI=1S/C22H14F6Se2/c23-21(24,25)16-6-10-18(11-7-16)29-14-20(15-4-2-1-3-5-15)30-19-12-8-17(9-13-19)22(26,27)28/h1-14H/b20-14+. The van der Waals surface area contributed by atoms with Crippen LogP contribution >= 0.6 is 0 Å². The van der Waals surface area contributed by atoms with Crippen LogP contribution in [0.15, 0.2) is 83.8 Å². The van der Waals surface area contributed by atoms with Crippen molar-refractivity contribution in [2.24, 2.45) is 0 Å². The molecule has 0 aliphatic heterocycles. The van der Waals surface area contributed by atoms with E-state index in [0.29, 0.717) is 0 Å². The van der Waals surface area contributed by atoms with Gasteiger partial charge in [-0.15, -0.1) is 0 Å². The van der Waals surface area contributed by atoms with Crippen molar-refractivity contribution < 1.29 is 26.3 Å². The molecule has 0 aliphatic rings. The van der Waals surface area contributed by atoms with Crippen LogP contribution in [0.2, 0.25) is 0 Å². The van der Waals surface area contributed by atoms with Crippen LogP contribution < -0.4 is 8.92 Å². The van der Waals surface area contributed by atoms with Crippen LogP contribution in [-0.2, 0) is 12.4 Å². The predicted octanol–water partition coefficient (Wildman–Crippen LogP) is 5.08. The van der Waals surface area contributed by atoms with E-state index in [1.165, 1.54) is 24.3 Å². The van der Waals surface area contributed by atoms with Gasteiger partial charge in [-0.25, -0.2) is 0 Å². The summed E-state index contributed by atoms with van der Waals surface area (Å²) in [5.74, 6) is 0. The number of halogens is 6. The molecule has 0 aliphatic carbocycles. The normalized spacial score (nSPS) is 12.8. The Kier molecular flexibility index (Phi) is 7.14. The van der Waals surface area contributed by atoms with E-state index in [1.807, 2.05) is 35.3 Å². The first-order chi connectivity index (χ1) is 14.1. The van der Waals surface area contributed by atoms with Crippen molar-refractivity contribution in [3.63, 3.8) is 0 Å². The fraction of sp³-hybridized carbons (Fsp3) is 0.0909. The van der Waals surface area contributed by atoms with Gasteiger partial charge >= 0.3 is 183 Å². The number of alkyl halides is 6. The average molecular weight is 550 g/mol. The summed E-state index contributed by atoms with van der Waals surface area (Å²) in [6.45, 7) is 0. The van der Waals surface area contributed by atoms with Crippen LogP contribution in [-0.4, -0.2) is 29.9 Å². The summed E-state index contributed by atoms with van der Waals surface area (Å²) >= 11 is -0.470. The van der Waals surface area contributed by atoms with Gasteiger partial charge in [-0.2, -0.15) is 0 Å². The Hall–Kier alpha value is -1.98. The monoisotopic (exact) mass is 552 g/mol. The second kappa shape index (κ2) is 9.44. The maximum absolute atomic E-state index is 12.8. The molecule has 3 aromatic carbocycles. The Bertz CT molecular complexity index is 989. The molecular weight excluding hydrogens is 536 g/mol. The zero-order valence-electron chi connectivity index (χ0n) is 15.2. The molecule has 0 radical (unpaired) electrons. The minimum atomic E-state index is -4.38. The third-order valence-corrected chi connectivity index (χ3v) is 8.86. The molecule has 0 aromatic heterocycles. The number of benzene rings is 3. The van der Waals surface area contributed by atoms with Crippen molar-refractivity contribution in [3.05, 3.63) is 101 Å². The van der Waals surface area contributed by atoms with Crippen molar-refractivity contribution in [3.8, 4) is 0 Å². The van der Waals surface area contributed by atoms with Gasteiger partial charge in [0.15, 0.2) is 0 Å². The molecule has 0 bridgehead atoms.